The summed E-state index contributed by atoms with van der Waals surface area (Å²) in [4.78, 5) is 12.1. The van der Waals surface area contributed by atoms with E-state index in [1.807, 2.05) is 60.7 Å². The number of carbonyl (C=O) groups is 1. The van der Waals surface area contributed by atoms with Crippen molar-refractivity contribution in [1.29, 1.82) is 0 Å². The van der Waals surface area contributed by atoms with E-state index in [0.717, 1.165) is 16.7 Å². The molecular formula is C27H22O3. The van der Waals surface area contributed by atoms with Crippen LogP contribution in [0.5, 0.6) is 5.75 Å². The van der Waals surface area contributed by atoms with Gasteiger partial charge in [0.2, 0.25) is 0 Å². The van der Waals surface area contributed by atoms with Gasteiger partial charge in [0.15, 0.2) is 5.60 Å². The quantitative estimate of drug-likeness (QED) is 0.304. The van der Waals surface area contributed by atoms with E-state index < -0.39 is 11.6 Å². The Labute approximate surface area is 176 Å². The largest absolute Gasteiger partial charge is 0.473 e. The molecule has 0 fully saturated rings. The van der Waals surface area contributed by atoms with Crippen molar-refractivity contribution in [1.82, 2.24) is 0 Å². The second kappa shape index (κ2) is 8.66. The summed E-state index contributed by atoms with van der Waals surface area (Å²) in [7, 11) is 1.37. The summed E-state index contributed by atoms with van der Waals surface area (Å²) in [5, 5.41) is 0. The molecule has 0 N–H and O–H groups in total. The van der Waals surface area contributed by atoms with Gasteiger partial charge in [0, 0.05) is 16.7 Å². The van der Waals surface area contributed by atoms with E-state index in [1.165, 1.54) is 7.11 Å². The molecular weight excluding hydrogens is 372 g/mol. The van der Waals surface area contributed by atoms with Crippen molar-refractivity contribution in [3.05, 3.63) is 138 Å². The predicted molar refractivity (Wildman–Crippen MR) is 118 cm³/mol. The van der Waals surface area contributed by atoms with Crippen molar-refractivity contribution in [2.24, 2.45) is 0 Å². The topological polar surface area (TPSA) is 35.5 Å². The van der Waals surface area contributed by atoms with Crippen LogP contribution in [-0.4, -0.2) is 13.1 Å². The fraction of sp³-hybridized carbons (Fsp3) is 0.0741. The van der Waals surface area contributed by atoms with Crippen LogP contribution in [0.3, 0.4) is 0 Å². The van der Waals surface area contributed by atoms with Gasteiger partial charge < -0.3 is 9.47 Å². The average molecular weight is 394 g/mol. The number of esters is 1. The first kappa shape index (κ1) is 19.5. The molecule has 0 aliphatic rings. The van der Waals surface area contributed by atoms with Crippen LogP contribution in [0.4, 0.5) is 0 Å². The Morgan fingerprint density at radius 3 is 1.53 bits per heavy atom. The lowest BCUT2D eigenvalue weighted by molar-refractivity contribution is 0.0599. The Morgan fingerprint density at radius 2 is 1.10 bits per heavy atom. The fourth-order valence-corrected chi connectivity index (χ4v) is 3.68. The van der Waals surface area contributed by atoms with E-state index in [2.05, 4.69) is 36.4 Å². The van der Waals surface area contributed by atoms with Crippen LogP contribution in [0.15, 0.2) is 115 Å². The van der Waals surface area contributed by atoms with Crippen LogP contribution in [0.1, 0.15) is 27.0 Å². The standard InChI is InChI=1S/C27H22O3/c1-29-26(28)21-12-11-19-25(20-21)30-27(22-13-5-2-6-14-22,23-15-7-3-8-16-23)24-17-9-4-10-18-24/h2-20H,1H3. The van der Waals surface area contributed by atoms with Crippen LogP contribution in [0.25, 0.3) is 0 Å². The molecule has 0 aliphatic carbocycles. The van der Waals surface area contributed by atoms with Crippen LogP contribution in [0.2, 0.25) is 0 Å². The van der Waals surface area contributed by atoms with Crippen molar-refractivity contribution in [3.8, 4) is 5.75 Å². The molecule has 0 amide bonds. The molecule has 0 saturated heterocycles. The molecule has 30 heavy (non-hydrogen) atoms. The number of benzene rings is 4. The molecule has 0 heterocycles. The number of rotatable bonds is 6. The maximum absolute atomic E-state index is 12.1. The van der Waals surface area contributed by atoms with E-state index >= 15 is 0 Å². The SMILES string of the molecule is COC(=O)c1cccc(OC(c2ccccc2)(c2ccccc2)c2ccccc2)c1. The Morgan fingerprint density at radius 1 is 0.633 bits per heavy atom. The van der Waals surface area contributed by atoms with Gasteiger partial charge in [0.1, 0.15) is 5.75 Å². The lowest BCUT2D eigenvalue weighted by Gasteiger charge is -2.36. The molecule has 0 aliphatic heterocycles. The summed E-state index contributed by atoms with van der Waals surface area (Å²) in [5.74, 6) is 0.180. The van der Waals surface area contributed by atoms with E-state index in [1.54, 1.807) is 18.2 Å². The van der Waals surface area contributed by atoms with Crippen LogP contribution >= 0.6 is 0 Å². The molecule has 0 saturated carbocycles. The fourth-order valence-electron chi connectivity index (χ4n) is 3.68. The van der Waals surface area contributed by atoms with Gasteiger partial charge in [-0.1, -0.05) is 97.1 Å². The zero-order valence-corrected chi connectivity index (χ0v) is 16.7. The molecule has 4 aromatic rings. The Hall–Kier alpha value is -3.85. The highest BCUT2D eigenvalue weighted by atomic mass is 16.5. The second-order valence-electron chi connectivity index (χ2n) is 6.90. The molecule has 4 rings (SSSR count). The number of ether oxygens (including phenoxy) is 2. The summed E-state index contributed by atoms with van der Waals surface area (Å²) in [5.41, 5.74) is 2.53. The molecule has 3 heteroatoms. The van der Waals surface area contributed by atoms with E-state index in [9.17, 15) is 4.79 Å². The van der Waals surface area contributed by atoms with Crippen molar-refractivity contribution in [3.63, 3.8) is 0 Å². The highest BCUT2D eigenvalue weighted by molar-refractivity contribution is 5.89. The maximum Gasteiger partial charge on any atom is 0.337 e. The van der Waals surface area contributed by atoms with Gasteiger partial charge >= 0.3 is 5.97 Å². The predicted octanol–water partition coefficient (Wildman–Crippen LogP) is 5.84. The molecule has 0 spiro atoms. The van der Waals surface area contributed by atoms with Crippen LogP contribution in [0, 0.1) is 0 Å². The molecule has 0 unspecified atom stereocenters. The zero-order valence-electron chi connectivity index (χ0n) is 16.7. The molecule has 4 aromatic carbocycles. The summed E-state index contributed by atoms with van der Waals surface area (Å²) >= 11 is 0. The van der Waals surface area contributed by atoms with Gasteiger partial charge in [0.05, 0.1) is 12.7 Å². The normalized spacial score (nSPS) is 11.0. The molecule has 0 radical (unpaired) electrons. The molecule has 0 aromatic heterocycles. The lowest BCUT2D eigenvalue weighted by Crippen LogP contribution is -2.36. The van der Waals surface area contributed by atoms with Gasteiger partial charge in [-0.2, -0.15) is 0 Å². The highest BCUT2D eigenvalue weighted by Crippen LogP contribution is 2.41. The summed E-state index contributed by atoms with van der Waals surface area (Å²) in [6.07, 6.45) is 0. The van der Waals surface area contributed by atoms with Crippen molar-refractivity contribution < 1.29 is 14.3 Å². The average Bonchev–Trinajstić information content (AvgIpc) is 2.84. The number of hydrogen-bond donors (Lipinski definition) is 0. The van der Waals surface area contributed by atoms with Gasteiger partial charge in [-0.3, -0.25) is 0 Å². The van der Waals surface area contributed by atoms with Crippen LogP contribution in [-0.2, 0) is 10.3 Å². The third kappa shape index (κ3) is 3.70. The smallest absolute Gasteiger partial charge is 0.337 e. The van der Waals surface area contributed by atoms with Gasteiger partial charge in [-0.25, -0.2) is 4.79 Å². The Bertz CT molecular complexity index is 1010. The van der Waals surface area contributed by atoms with Crippen LogP contribution < -0.4 is 4.74 Å². The minimum atomic E-state index is -0.890. The number of carbonyl (C=O) groups excluding carboxylic acids is 1. The van der Waals surface area contributed by atoms with Crippen molar-refractivity contribution in [2.75, 3.05) is 7.11 Å². The first-order valence-electron chi connectivity index (χ1n) is 9.78. The second-order valence-corrected chi connectivity index (χ2v) is 6.90. The van der Waals surface area contributed by atoms with Gasteiger partial charge in [-0.15, -0.1) is 0 Å². The molecule has 0 atom stereocenters. The molecule has 0 bridgehead atoms. The van der Waals surface area contributed by atoms with E-state index in [4.69, 9.17) is 9.47 Å². The van der Waals surface area contributed by atoms with E-state index in [0.29, 0.717) is 11.3 Å². The summed E-state index contributed by atoms with van der Waals surface area (Å²) in [6.45, 7) is 0. The first-order chi connectivity index (χ1) is 14.7. The van der Waals surface area contributed by atoms with E-state index in [-0.39, 0.29) is 0 Å². The lowest BCUT2D eigenvalue weighted by atomic mass is 9.80. The Balaban J connectivity index is 1.95. The Kier molecular flexibility index (Phi) is 5.62. The zero-order chi connectivity index (χ0) is 20.8. The summed E-state index contributed by atoms with van der Waals surface area (Å²) < 4.78 is 11.7. The third-order valence-electron chi connectivity index (χ3n) is 5.07. The number of hydrogen-bond acceptors (Lipinski definition) is 3. The molecule has 3 nitrogen and oxygen atoms in total. The third-order valence-corrected chi connectivity index (χ3v) is 5.07. The van der Waals surface area contributed by atoms with Crippen molar-refractivity contribution >= 4 is 5.97 Å². The molecule has 148 valence electrons. The maximum atomic E-state index is 12.1. The number of methoxy groups -OCH3 is 1. The minimum Gasteiger partial charge on any atom is -0.473 e. The van der Waals surface area contributed by atoms with Gasteiger partial charge in [0.25, 0.3) is 0 Å². The highest BCUT2D eigenvalue weighted by Gasteiger charge is 2.39. The first-order valence-corrected chi connectivity index (χ1v) is 9.78. The summed E-state index contributed by atoms with van der Waals surface area (Å²) in [6, 6.07) is 37.4. The van der Waals surface area contributed by atoms with Gasteiger partial charge in [-0.05, 0) is 18.2 Å². The minimum absolute atomic E-state index is 0.398. The monoisotopic (exact) mass is 394 g/mol. The van der Waals surface area contributed by atoms with Crippen molar-refractivity contribution in [2.45, 2.75) is 5.60 Å².